The smallest absolute Gasteiger partial charge is 0.141 e. The van der Waals surface area contributed by atoms with Crippen molar-refractivity contribution in [2.24, 2.45) is 0 Å². The van der Waals surface area contributed by atoms with E-state index in [0.29, 0.717) is 34.7 Å². The molecule has 26 heavy (non-hydrogen) atoms. The molecule has 1 aliphatic rings. The number of H-pyrrole nitrogens is 1. The molecular weight excluding hydrogens is 328 g/mol. The number of fused-ring (bicyclic) bond motifs is 1. The minimum absolute atomic E-state index is 0.259. The first-order valence-corrected chi connectivity index (χ1v) is 8.39. The van der Waals surface area contributed by atoms with Crippen LogP contribution in [0.5, 0.6) is 0 Å². The molecular formula is C19H20N6O. The van der Waals surface area contributed by atoms with Gasteiger partial charge in [0.05, 0.1) is 24.1 Å². The van der Waals surface area contributed by atoms with Crippen molar-refractivity contribution in [3.05, 3.63) is 54.0 Å². The van der Waals surface area contributed by atoms with Crippen LogP contribution in [0.2, 0.25) is 0 Å². The molecule has 2 heterocycles. The second-order valence-corrected chi connectivity index (χ2v) is 6.39. The maximum atomic E-state index is 8.65. The van der Waals surface area contributed by atoms with Crippen molar-refractivity contribution in [1.82, 2.24) is 15.0 Å². The summed E-state index contributed by atoms with van der Waals surface area (Å²) in [5.74, 6) is 1.49. The van der Waals surface area contributed by atoms with E-state index in [2.05, 4.69) is 26.8 Å². The maximum Gasteiger partial charge on any atom is 0.141 e. The predicted molar refractivity (Wildman–Crippen MR) is 103 cm³/mol. The molecule has 0 radical (unpaired) electrons. The Morgan fingerprint density at radius 1 is 1.35 bits per heavy atom. The Morgan fingerprint density at radius 2 is 2.15 bits per heavy atom. The zero-order valence-electron chi connectivity index (χ0n) is 14.5. The number of nitrogens with one attached hydrogen (secondary N) is 3. The number of benzene rings is 1. The molecule has 2 aromatic heterocycles. The van der Waals surface area contributed by atoms with Gasteiger partial charge in [0.25, 0.3) is 0 Å². The number of rotatable bonds is 6. The summed E-state index contributed by atoms with van der Waals surface area (Å²) >= 11 is 0. The summed E-state index contributed by atoms with van der Waals surface area (Å²) in [7, 11) is 1.59. The lowest BCUT2D eigenvalue weighted by molar-refractivity contribution is 0.371. The van der Waals surface area contributed by atoms with Gasteiger partial charge in [-0.15, -0.1) is 0 Å². The van der Waals surface area contributed by atoms with Crippen molar-refractivity contribution in [2.75, 3.05) is 18.2 Å². The van der Waals surface area contributed by atoms with Crippen molar-refractivity contribution in [1.29, 1.82) is 5.41 Å². The largest absolute Gasteiger partial charge is 0.497 e. The van der Waals surface area contributed by atoms with Crippen LogP contribution in [0.25, 0.3) is 16.7 Å². The fourth-order valence-electron chi connectivity index (χ4n) is 2.86. The molecule has 1 aliphatic carbocycles. The molecule has 4 rings (SSSR count). The fourth-order valence-corrected chi connectivity index (χ4v) is 2.86. The zero-order chi connectivity index (χ0) is 18.3. The minimum Gasteiger partial charge on any atom is -0.497 e. The number of hydrogen-bond donors (Lipinski definition) is 4. The van der Waals surface area contributed by atoms with Crippen LogP contribution in [-0.4, -0.2) is 33.8 Å². The Bertz CT molecular complexity index is 1020. The highest BCUT2D eigenvalue weighted by Crippen LogP contribution is 2.29. The zero-order valence-corrected chi connectivity index (χ0v) is 14.5. The molecule has 7 heteroatoms. The van der Waals surface area contributed by atoms with Crippen LogP contribution in [0.1, 0.15) is 29.7 Å². The maximum absolute atomic E-state index is 8.65. The SMILES string of the molecule is C=C(OC)c1ccc2cc(C(=N)c3c(N)ncnc3NC3CC3)[nH]c2c1. The molecule has 3 aromatic rings. The first kappa shape index (κ1) is 16.1. The number of anilines is 2. The summed E-state index contributed by atoms with van der Waals surface area (Å²) in [6.07, 6.45) is 3.63. The van der Waals surface area contributed by atoms with E-state index in [1.54, 1.807) is 7.11 Å². The number of aromatic amines is 1. The number of methoxy groups -OCH3 is 1. The molecule has 5 N–H and O–H groups in total. The summed E-state index contributed by atoms with van der Waals surface area (Å²) < 4.78 is 5.19. The molecule has 1 saturated carbocycles. The number of aromatic nitrogens is 3. The van der Waals surface area contributed by atoms with E-state index in [-0.39, 0.29) is 5.71 Å². The predicted octanol–water partition coefficient (Wildman–Crippen LogP) is 3.15. The number of nitrogens with two attached hydrogens (primary N) is 1. The van der Waals surface area contributed by atoms with Crippen molar-refractivity contribution >= 4 is 34.0 Å². The molecule has 0 amide bonds. The highest BCUT2D eigenvalue weighted by atomic mass is 16.5. The Hall–Kier alpha value is -3.35. The highest BCUT2D eigenvalue weighted by Gasteiger charge is 2.25. The van der Waals surface area contributed by atoms with Gasteiger partial charge in [-0.3, -0.25) is 5.41 Å². The van der Waals surface area contributed by atoms with Crippen LogP contribution < -0.4 is 11.1 Å². The summed E-state index contributed by atoms with van der Waals surface area (Å²) in [6.45, 7) is 3.88. The third kappa shape index (κ3) is 2.88. The van der Waals surface area contributed by atoms with E-state index >= 15 is 0 Å². The monoisotopic (exact) mass is 348 g/mol. The van der Waals surface area contributed by atoms with E-state index in [4.69, 9.17) is 15.9 Å². The summed E-state index contributed by atoms with van der Waals surface area (Å²) in [6, 6.07) is 8.18. The van der Waals surface area contributed by atoms with Crippen LogP contribution in [0.15, 0.2) is 37.2 Å². The second kappa shape index (κ2) is 6.18. The van der Waals surface area contributed by atoms with Gasteiger partial charge in [-0.25, -0.2) is 9.97 Å². The number of nitrogen functional groups attached to an aromatic ring is 1. The Labute approximate surface area is 150 Å². The van der Waals surface area contributed by atoms with Crippen LogP contribution in [0.3, 0.4) is 0 Å². The second-order valence-electron chi connectivity index (χ2n) is 6.39. The van der Waals surface area contributed by atoms with Crippen molar-refractivity contribution < 1.29 is 4.74 Å². The minimum atomic E-state index is 0.259. The van der Waals surface area contributed by atoms with Gasteiger partial charge >= 0.3 is 0 Å². The lowest BCUT2D eigenvalue weighted by Gasteiger charge is -2.12. The number of nitrogens with zero attached hydrogens (tertiary/aromatic N) is 2. The molecule has 0 spiro atoms. The van der Waals surface area contributed by atoms with E-state index in [1.807, 2.05) is 24.3 Å². The molecule has 0 aliphatic heterocycles. The van der Waals surface area contributed by atoms with E-state index in [1.165, 1.54) is 6.33 Å². The summed E-state index contributed by atoms with van der Waals surface area (Å²) in [5.41, 5.74) is 9.27. The number of hydrogen-bond acceptors (Lipinski definition) is 6. The van der Waals surface area contributed by atoms with Gasteiger partial charge in [0.15, 0.2) is 0 Å². The normalized spacial score (nSPS) is 13.6. The molecule has 1 fully saturated rings. The van der Waals surface area contributed by atoms with Gasteiger partial charge in [0.2, 0.25) is 0 Å². The molecule has 1 aromatic carbocycles. The van der Waals surface area contributed by atoms with Crippen molar-refractivity contribution in [3.8, 4) is 0 Å². The average Bonchev–Trinajstić information content (AvgIpc) is 3.35. The molecule has 0 bridgehead atoms. The van der Waals surface area contributed by atoms with Crippen molar-refractivity contribution in [3.63, 3.8) is 0 Å². The fraction of sp³-hybridized carbons (Fsp3) is 0.211. The van der Waals surface area contributed by atoms with Gasteiger partial charge in [-0.2, -0.15) is 0 Å². The lowest BCUT2D eigenvalue weighted by Crippen LogP contribution is -2.15. The topological polar surface area (TPSA) is 113 Å². The first-order chi connectivity index (χ1) is 12.6. The quantitative estimate of drug-likeness (QED) is 0.404. The first-order valence-electron chi connectivity index (χ1n) is 8.39. The van der Waals surface area contributed by atoms with Gasteiger partial charge in [0, 0.05) is 22.5 Å². The van der Waals surface area contributed by atoms with E-state index in [9.17, 15) is 0 Å². The van der Waals surface area contributed by atoms with Crippen molar-refractivity contribution in [2.45, 2.75) is 18.9 Å². The Balaban J connectivity index is 1.73. The molecule has 132 valence electrons. The van der Waals surface area contributed by atoms with Gasteiger partial charge in [-0.05, 0) is 25.0 Å². The third-order valence-electron chi connectivity index (χ3n) is 4.50. The van der Waals surface area contributed by atoms with Gasteiger partial charge in [0.1, 0.15) is 23.7 Å². The van der Waals surface area contributed by atoms with Crippen LogP contribution in [0.4, 0.5) is 11.6 Å². The molecule has 0 saturated heterocycles. The van der Waals surface area contributed by atoms with Crippen LogP contribution >= 0.6 is 0 Å². The standard InChI is InChI=1S/C19H20N6O/c1-10(26-2)11-3-4-12-8-15(25-14(12)7-11)17(20)16-18(21)22-9-23-19(16)24-13-5-6-13/h3-4,7-9,13,20,25H,1,5-6H2,2H3,(H3,21,22,23,24). The summed E-state index contributed by atoms with van der Waals surface area (Å²) in [5, 5.41) is 13.0. The average molecular weight is 348 g/mol. The van der Waals surface area contributed by atoms with Crippen LogP contribution in [-0.2, 0) is 4.74 Å². The van der Waals surface area contributed by atoms with Gasteiger partial charge in [-0.1, -0.05) is 18.7 Å². The third-order valence-corrected chi connectivity index (χ3v) is 4.50. The highest BCUT2D eigenvalue weighted by molar-refractivity contribution is 6.16. The lowest BCUT2D eigenvalue weighted by atomic mass is 10.1. The Morgan fingerprint density at radius 3 is 2.88 bits per heavy atom. The molecule has 0 unspecified atom stereocenters. The van der Waals surface area contributed by atoms with Crippen LogP contribution in [0, 0.1) is 5.41 Å². The molecule has 7 nitrogen and oxygen atoms in total. The van der Waals surface area contributed by atoms with E-state index in [0.717, 1.165) is 29.3 Å². The Kier molecular flexibility index (Phi) is 3.84. The van der Waals surface area contributed by atoms with Gasteiger partial charge < -0.3 is 20.8 Å². The molecule has 0 atom stereocenters. The number of ether oxygens (including phenoxy) is 1. The van der Waals surface area contributed by atoms with E-state index < -0.39 is 0 Å². The summed E-state index contributed by atoms with van der Waals surface area (Å²) in [4.78, 5) is 11.6.